The maximum absolute atomic E-state index is 12.3. The standard InChI is InChI=1S/C16H23NO4/c1-12(10-16(19)20)13-4-2-8-17(11-13)15(18)7-6-14-5-3-9-21-14/h3,5,9,12-13H,2,4,6-8,10-11H2,1H3,(H,19,20). The summed E-state index contributed by atoms with van der Waals surface area (Å²) < 4.78 is 5.24. The molecule has 1 amide bonds. The molecule has 1 aromatic rings. The second kappa shape index (κ2) is 7.29. The lowest BCUT2D eigenvalue weighted by Gasteiger charge is -2.35. The number of aliphatic carboxylic acids is 1. The van der Waals surface area contributed by atoms with Crippen LogP contribution in [0.25, 0.3) is 0 Å². The Bertz CT molecular complexity index is 469. The van der Waals surface area contributed by atoms with E-state index in [2.05, 4.69) is 0 Å². The summed E-state index contributed by atoms with van der Waals surface area (Å²) in [4.78, 5) is 24.9. The number of carbonyl (C=O) groups is 2. The van der Waals surface area contributed by atoms with Gasteiger partial charge < -0.3 is 14.4 Å². The number of hydrogen-bond acceptors (Lipinski definition) is 3. The highest BCUT2D eigenvalue weighted by molar-refractivity contribution is 5.76. The zero-order valence-corrected chi connectivity index (χ0v) is 12.5. The van der Waals surface area contributed by atoms with E-state index in [4.69, 9.17) is 9.52 Å². The van der Waals surface area contributed by atoms with E-state index < -0.39 is 5.97 Å². The van der Waals surface area contributed by atoms with Crippen LogP contribution in [0, 0.1) is 11.8 Å². The summed E-state index contributed by atoms with van der Waals surface area (Å²) in [5.74, 6) is 0.615. The molecule has 0 aromatic carbocycles. The molecule has 1 fully saturated rings. The van der Waals surface area contributed by atoms with Crippen LogP contribution in [-0.4, -0.2) is 35.0 Å². The minimum absolute atomic E-state index is 0.114. The second-order valence-electron chi connectivity index (χ2n) is 5.90. The number of carboxylic acids is 1. The molecule has 0 radical (unpaired) electrons. The van der Waals surface area contributed by atoms with Gasteiger partial charge in [-0.2, -0.15) is 0 Å². The number of furan rings is 1. The number of amides is 1. The zero-order valence-electron chi connectivity index (χ0n) is 12.5. The van der Waals surface area contributed by atoms with Gasteiger partial charge in [0.05, 0.1) is 6.26 Å². The number of carbonyl (C=O) groups excluding carboxylic acids is 1. The number of rotatable bonds is 6. The average Bonchev–Trinajstić information content (AvgIpc) is 2.97. The Hall–Kier alpha value is -1.78. The molecule has 1 aliphatic rings. The fourth-order valence-corrected chi connectivity index (χ4v) is 2.99. The zero-order chi connectivity index (χ0) is 15.2. The van der Waals surface area contributed by atoms with Gasteiger partial charge in [-0.3, -0.25) is 9.59 Å². The third-order valence-electron chi connectivity index (χ3n) is 4.28. The molecule has 2 atom stereocenters. The molecule has 5 nitrogen and oxygen atoms in total. The van der Waals surface area contributed by atoms with Crippen LogP contribution in [0.2, 0.25) is 0 Å². The molecule has 1 saturated heterocycles. The number of likely N-dealkylation sites (tertiary alicyclic amines) is 1. The Kier molecular flexibility index (Phi) is 5.42. The van der Waals surface area contributed by atoms with Gasteiger partial charge in [0.2, 0.25) is 5.91 Å². The van der Waals surface area contributed by atoms with E-state index >= 15 is 0 Å². The van der Waals surface area contributed by atoms with Crippen LogP contribution in [-0.2, 0) is 16.0 Å². The monoisotopic (exact) mass is 293 g/mol. The van der Waals surface area contributed by atoms with Gasteiger partial charge in [0.25, 0.3) is 0 Å². The largest absolute Gasteiger partial charge is 0.481 e. The fourth-order valence-electron chi connectivity index (χ4n) is 2.99. The van der Waals surface area contributed by atoms with Crippen LogP contribution in [0.1, 0.15) is 38.4 Å². The first-order valence-electron chi connectivity index (χ1n) is 7.58. The number of nitrogens with zero attached hydrogens (tertiary/aromatic N) is 1. The van der Waals surface area contributed by atoms with Crippen molar-refractivity contribution < 1.29 is 19.1 Å². The van der Waals surface area contributed by atoms with E-state index in [1.54, 1.807) is 6.26 Å². The van der Waals surface area contributed by atoms with E-state index in [1.807, 2.05) is 24.0 Å². The van der Waals surface area contributed by atoms with E-state index in [9.17, 15) is 9.59 Å². The summed E-state index contributed by atoms with van der Waals surface area (Å²) >= 11 is 0. The van der Waals surface area contributed by atoms with Gasteiger partial charge in [0.1, 0.15) is 5.76 Å². The minimum atomic E-state index is -0.760. The van der Waals surface area contributed by atoms with Crippen molar-refractivity contribution in [1.29, 1.82) is 0 Å². The molecule has 2 heterocycles. The quantitative estimate of drug-likeness (QED) is 0.875. The molecule has 1 aromatic heterocycles. The number of hydrogen-bond donors (Lipinski definition) is 1. The highest BCUT2D eigenvalue weighted by Crippen LogP contribution is 2.26. The van der Waals surface area contributed by atoms with Gasteiger partial charge in [-0.15, -0.1) is 0 Å². The van der Waals surface area contributed by atoms with Crippen LogP contribution in [0.4, 0.5) is 0 Å². The van der Waals surface area contributed by atoms with Crippen molar-refractivity contribution in [2.24, 2.45) is 11.8 Å². The highest BCUT2D eigenvalue weighted by Gasteiger charge is 2.28. The SMILES string of the molecule is CC(CC(=O)O)C1CCCN(C(=O)CCc2ccco2)C1. The predicted octanol–water partition coefficient (Wildman–Crippen LogP) is 2.56. The molecule has 2 unspecified atom stereocenters. The van der Waals surface area contributed by atoms with Gasteiger partial charge in [-0.1, -0.05) is 6.92 Å². The van der Waals surface area contributed by atoms with Gasteiger partial charge in [-0.05, 0) is 36.8 Å². The van der Waals surface area contributed by atoms with Crippen LogP contribution < -0.4 is 0 Å². The van der Waals surface area contributed by atoms with Crippen molar-refractivity contribution in [1.82, 2.24) is 4.90 Å². The molecule has 116 valence electrons. The summed E-state index contributed by atoms with van der Waals surface area (Å²) in [6.07, 6.45) is 4.84. The van der Waals surface area contributed by atoms with Crippen molar-refractivity contribution in [3.8, 4) is 0 Å². The molecular formula is C16H23NO4. The number of piperidine rings is 1. The summed E-state index contributed by atoms with van der Waals surface area (Å²) in [6.45, 7) is 3.44. The first-order chi connectivity index (χ1) is 10.1. The maximum Gasteiger partial charge on any atom is 0.303 e. The first-order valence-corrected chi connectivity index (χ1v) is 7.58. The van der Waals surface area contributed by atoms with E-state index in [0.29, 0.717) is 25.3 Å². The van der Waals surface area contributed by atoms with Crippen molar-refractivity contribution in [3.05, 3.63) is 24.2 Å². The second-order valence-corrected chi connectivity index (χ2v) is 5.90. The third-order valence-corrected chi connectivity index (χ3v) is 4.28. The summed E-state index contributed by atoms with van der Waals surface area (Å²) in [5, 5.41) is 8.89. The van der Waals surface area contributed by atoms with Crippen molar-refractivity contribution in [2.45, 2.75) is 39.0 Å². The summed E-state index contributed by atoms with van der Waals surface area (Å²) in [7, 11) is 0. The number of aryl methyl sites for hydroxylation is 1. The molecule has 5 heteroatoms. The molecule has 0 bridgehead atoms. The van der Waals surface area contributed by atoms with Crippen molar-refractivity contribution >= 4 is 11.9 Å². The molecule has 0 spiro atoms. The van der Waals surface area contributed by atoms with E-state index in [1.165, 1.54) is 0 Å². The van der Waals surface area contributed by atoms with Gasteiger partial charge in [-0.25, -0.2) is 0 Å². The van der Waals surface area contributed by atoms with Crippen LogP contribution in [0.15, 0.2) is 22.8 Å². The summed E-state index contributed by atoms with van der Waals surface area (Å²) in [6, 6.07) is 3.70. The Morgan fingerprint density at radius 3 is 3.00 bits per heavy atom. The smallest absolute Gasteiger partial charge is 0.303 e. The van der Waals surface area contributed by atoms with Crippen LogP contribution in [0.3, 0.4) is 0 Å². The van der Waals surface area contributed by atoms with E-state index in [0.717, 1.165) is 25.1 Å². The topological polar surface area (TPSA) is 70.8 Å². The van der Waals surface area contributed by atoms with E-state index in [-0.39, 0.29) is 18.2 Å². The first kappa shape index (κ1) is 15.6. The molecular weight excluding hydrogens is 270 g/mol. The maximum atomic E-state index is 12.3. The Labute approximate surface area is 124 Å². The van der Waals surface area contributed by atoms with Crippen molar-refractivity contribution in [2.75, 3.05) is 13.1 Å². The Balaban J connectivity index is 1.82. The molecule has 1 aliphatic heterocycles. The third kappa shape index (κ3) is 4.62. The van der Waals surface area contributed by atoms with Gasteiger partial charge in [0, 0.05) is 32.4 Å². The highest BCUT2D eigenvalue weighted by atomic mass is 16.4. The predicted molar refractivity (Wildman–Crippen MR) is 77.7 cm³/mol. The lowest BCUT2D eigenvalue weighted by atomic mass is 9.84. The van der Waals surface area contributed by atoms with Crippen molar-refractivity contribution in [3.63, 3.8) is 0 Å². The normalized spacial score (nSPS) is 20.2. The average molecular weight is 293 g/mol. The summed E-state index contributed by atoms with van der Waals surface area (Å²) in [5.41, 5.74) is 0. The molecule has 1 N–H and O–H groups in total. The fraction of sp³-hybridized carbons (Fsp3) is 0.625. The lowest BCUT2D eigenvalue weighted by Crippen LogP contribution is -2.42. The molecule has 21 heavy (non-hydrogen) atoms. The van der Waals surface area contributed by atoms with Crippen LogP contribution in [0.5, 0.6) is 0 Å². The molecule has 2 rings (SSSR count). The van der Waals surface area contributed by atoms with Gasteiger partial charge >= 0.3 is 5.97 Å². The molecule has 0 saturated carbocycles. The Morgan fingerprint density at radius 2 is 2.33 bits per heavy atom. The lowest BCUT2D eigenvalue weighted by molar-refractivity contribution is -0.138. The Morgan fingerprint density at radius 1 is 1.52 bits per heavy atom. The minimum Gasteiger partial charge on any atom is -0.481 e. The van der Waals surface area contributed by atoms with Crippen LogP contribution >= 0.6 is 0 Å². The molecule has 0 aliphatic carbocycles. The van der Waals surface area contributed by atoms with Gasteiger partial charge in [0.15, 0.2) is 0 Å². The number of carboxylic acid groups (broad SMARTS) is 1.